The highest BCUT2D eigenvalue weighted by molar-refractivity contribution is 5.28. The summed E-state index contributed by atoms with van der Waals surface area (Å²) in [7, 11) is 0. The first-order chi connectivity index (χ1) is 10.1. The maximum Gasteiger partial charge on any atom is 0.0668 e. The van der Waals surface area contributed by atoms with Crippen LogP contribution in [0.1, 0.15) is 59.8 Å². The van der Waals surface area contributed by atoms with Crippen molar-refractivity contribution in [3.8, 4) is 0 Å². The largest absolute Gasteiger partial charge is 0.393 e. The number of aliphatic hydroxyl groups excluding tert-OH is 2. The van der Waals surface area contributed by atoms with Crippen molar-refractivity contribution in [1.82, 2.24) is 0 Å². The molecular formula is C20H32O2. The van der Waals surface area contributed by atoms with Gasteiger partial charge >= 0.3 is 0 Å². The predicted molar refractivity (Wildman–Crippen MR) is 90.4 cm³/mol. The standard InChI is InChI=1S/C20H32O2/c1-6-19(4)12-13-7-8-15-18(2,3)16(21)9-10-20(15,5)14(13)11-17(19)22/h6,12,14-17,21-22H,1,7-11H2,2-5H3/t14-,15-,16-,17+,19+,20+/m1/s1. The van der Waals surface area contributed by atoms with Crippen LogP contribution in [0.15, 0.2) is 24.3 Å². The van der Waals surface area contributed by atoms with Crippen LogP contribution in [0.3, 0.4) is 0 Å². The first-order valence-electron chi connectivity index (χ1n) is 8.86. The number of allylic oxidation sites excluding steroid dienone is 1. The van der Waals surface area contributed by atoms with E-state index in [4.69, 9.17) is 0 Å². The lowest BCUT2D eigenvalue weighted by Gasteiger charge is -2.61. The van der Waals surface area contributed by atoms with Crippen LogP contribution in [0.5, 0.6) is 0 Å². The minimum atomic E-state index is -0.343. The fourth-order valence-electron chi connectivity index (χ4n) is 5.86. The Balaban J connectivity index is 2.01. The van der Waals surface area contributed by atoms with Gasteiger partial charge in [0.1, 0.15) is 0 Å². The second kappa shape index (κ2) is 4.95. The molecule has 0 aromatic carbocycles. The third kappa shape index (κ3) is 2.06. The van der Waals surface area contributed by atoms with E-state index in [0.717, 1.165) is 32.1 Å². The lowest BCUT2D eigenvalue weighted by molar-refractivity contribution is -0.133. The summed E-state index contributed by atoms with van der Waals surface area (Å²) in [6, 6.07) is 0. The molecule has 0 heterocycles. The van der Waals surface area contributed by atoms with Crippen LogP contribution in [0.25, 0.3) is 0 Å². The molecule has 6 atom stereocenters. The molecule has 0 amide bonds. The van der Waals surface area contributed by atoms with Crippen molar-refractivity contribution in [2.45, 2.75) is 72.0 Å². The molecule has 3 aliphatic rings. The van der Waals surface area contributed by atoms with Crippen LogP contribution in [0, 0.1) is 28.1 Å². The molecule has 2 heteroatoms. The molecule has 0 unspecified atom stereocenters. The predicted octanol–water partition coefficient (Wildman–Crippen LogP) is 4.08. The quantitative estimate of drug-likeness (QED) is 0.717. The van der Waals surface area contributed by atoms with E-state index in [1.165, 1.54) is 5.57 Å². The highest BCUT2D eigenvalue weighted by Crippen LogP contribution is 2.63. The average molecular weight is 304 g/mol. The van der Waals surface area contributed by atoms with Crippen molar-refractivity contribution in [2.24, 2.45) is 28.1 Å². The molecule has 0 aromatic rings. The number of rotatable bonds is 1. The van der Waals surface area contributed by atoms with Crippen LogP contribution in [-0.4, -0.2) is 22.4 Å². The van der Waals surface area contributed by atoms with Gasteiger partial charge in [-0.2, -0.15) is 0 Å². The third-order valence-corrected chi connectivity index (χ3v) is 7.59. The Bertz CT molecular complexity index is 506. The van der Waals surface area contributed by atoms with Crippen molar-refractivity contribution in [1.29, 1.82) is 0 Å². The summed E-state index contributed by atoms with van der Waals surface area (Å²) in [5.41, 5.74) is 1.43. The van der Waals surface area contributed by atoms with E-state index >= 15 is 0 Å². The van der Waals surface area contributed by atoms with Crippen molar-refractivity contribution in [3.05, 3.63) is 24.3 Å². The summed E-state index contributed by atoms with van der Waals surface area (Å²) in [6.07, 6.45) is 8.74. The molecule has 3 aliphatic carbocycles. The molecule has 2 saturated carbocycles. The Labute approximate surface area is 135 Å². The van der Waals surface area contributed by atoms with Gasteiger partial charge in [-0.25, -0.2) is 0 Å². The van der Waals surface area contributed by atoms with E-state index in [-0.39, 0.29) is 28.5 Å². The molecule has 0 spiro atoms. The molecule has 0 aliphatic heterocycles. The normalized spacial score (nSPS) is 50.5. The Morgan fingerprint density at radius 1 is 1.14 bits per heavy atom. The van der Waals surface area contributed by atoms with Gasteiger partial charge in [-0.15, -0.1) is 6.58 Å². The molecule has 2 fully saturated rings. The van der Waals surface area contributed by atoms with Crippen LogP contribution < -0.4 is 0 Å². The van der Waals surface area contributed by atoms with Crippen LogP contribution in [0.2, 0.25) is 0 Å². The van der Waals surface area contributed by atoms with Gasteiger partial charge in [0.15, 0.2) is 0 Å². The van der Waals surface area contributed by atoms with Gasteiger partial charge in [-0.3, -0.25) is 0 Å². The zero-order chi connectivity index (χ0) is 16.3. The zero-order valence-corrected chi connectivity index (χ0v) is 14.6. The van der Waals surface area contributed by atoms with Gasteiger partial charge in [0, 0.05) is 5.41 Å². The monoisotopic (exact) mass is 304 g/mol. The van der Waals surface area contributed by atoms with Gasteiger partial charge in [0.2, 0.25) is 0 Å². The number of fused-ring (bicyclic) bond motifs is 3. The second-order valence-corrected chi connectivity index (χ2v) is 9.07. The van der Waals surface area contributed by atoms with Gasteiger partial charge < -0.3 is 10.2 Å². The highest BCUT2D eigenvalue weighted by atomic mass is 16.3. The SMILES string of the molecule is C=C[C@@]1(C)C=C2CC[C@@H]3C(C)(C)[C@H](O)CC[C@@]3(C)[C@@H]2C[C@@H]1O. The molecule has 0 bridgehead atoms. The maximum absolute atomic E-state index is 10.7. The lowest BCUT2D eigenvalue weighted by atomic mass is 9.44. The Morgan fingerprint density at radius 3 is 2.45 bits per heavy atom. The van der Waals surface area contributed by atoms with E-state index in [0.29, 0.717) is 11.8 Å². The van der Waals surface area contributed by atoms with E-state index in [9.17, 15) is 10.2 Å². The fourth-order valence-corrected chi connectivity index (χ4v) is 5.86. The zero-order valence-electron chi connectivity index (χ0n) is 14.6. The Hall–Kier alpha value is -0.600. The minimum Gasteiger partial charge on any atom is -0.393 e. The second-order valence-electron chi connectivity index (χ2n) is 9.07. The van der Waals surface area contributed by atoms with Gasteiger partial charge in [-0.05, 0) is 54.8 Å². The fraction of sp³-hybridized carbons (Fsp3) is 0.800. The van der Waals surface area contributed by atoms with Crippen molar-refractivity contribution < 1.29 is 10.2 Å². The molecule has 0 radical (unpaired) electrons. The molecule has 2 N–H and O–H groups in total. The molecule has 0 saturated heterocycles. The van der Waals surface area contributed by atoms with Gasteiger partial charge in [0.25, 0.3) is 0 Å². The first-order valence-corrected chi connectivity index (χ1v) is 8.86. The lowest BCUT2D eigenvalue weighted by Crippen LogP contribution is -2.56. The molecule has 124 valence electrons. The Kier molecular flexibility index (Phi) is 3.66. The number of aliphatic hydroxyl groups is 2. The number of hydrogen-bond acceptors (Lipinski definition) is 2. The summed E-state index contributed by atoms with van der Waals surface area (Å²) in [5.74, 6) is 0.993. The van der Waals surface area contributed by atoms with Crippen LogP contribution >= 0.6 is 0 Å². The summed E-state index contributed by atoms with van der Waals surface area (Å²) >= 11 is 0. The molecular weight excluding hydrogens is 272 g/mol. The van der Waals surface area contributed by atoms with Crippen molar-refractivity contribution >= 4 is 0 Å². The van der Waals surface area contributed by atoms with Crippen LogP contribution in [-0.2, 0) is 0 Å². The highest BCUT2D eigenvalue weighted by Gasteiger charge is 2.57. The van der Waals surface area contributed by atoms with E-state index in [2.05, 4.69) is 40.3 Å². The summed E-state index contributed by atoms with van der Waals surface area (Å²) in [4.78, 5) is 0. The molecule has 22 heavy (non-hydrogen) atoms. The van der Waals surface area contributed by atoms with Crippen molar-refractivity contribution in [3.63, 3.8) is 0 Å². The summed E-state index contributed by atoms with van der Waals surface area (Å²) < 4.78 is 0. The first kappa shape index (κ1) is 16.3. The minimum absolute atomic E-state index is 0.0251. The van der Waals surface area contributed by atoms with Gasteiger partial charge in [0.05, 0.1) is 12.2 Å². The smallest absolute Gasteiger partial charge is 0.0668 e. The van der Waals surface area contributed by atoms with E-state index in [1.807, 2.05) is 6.08 Å². The summed E-state index contributed by atoms with van der Waals surface area (Å²) in [6.45, 7) is 12.9. The molecule has 3 rings (SSSR count). The van der Waals surface area contributed by atoms with Crippen molar-refractivity contribution in [2.75, 3.05) is 0 Å². The van der Waals surface area contributed by atoms with E-state index < -0.39 is 0 Å². The van der Waals surface area contributed by atoms with Crippen LogP contribution in [0.4, 0.5) is 0 Å². The average Bonchev–Trinajstić information content (AvgIpc) is 2.46. The topological polar surface area (TPSA) is 40.5 Å². The summed E-state index contributed by atoms with van der Waals surface area (Å²) in [5, 5.41) is 21.2. The number of hydrogen-bond donors (Lipinski definition) is 2. The maximum atomic E-state index is 10.7. The van der Waals surface area contributed by atoms with E-state index in [1.54, 1.807) is 0 Å². The van der Waals surface area contributed by atoms with Gasteiger partial charge in [-0.1, -0.05) is 45.4 Å². The third-order valence-electron chi connectivity index (χ3n) is 7.59. The molecule has 0 aromatic heterocycles. The molecule has 2 nitrogen and oxygen atoms in total. The Morgan fingerprint density at radius 2 is 1.82 bits per heavy atom.